The number of anilines is 2. The van der Waals surface area contributed by atoms with E-state index in [1.807, 2.05) is 36.0 Å². The van der Waals surface area contributed by atoms with Crippen LogP contribution >= 0.6 is 11.6 Å². The second kappa shape index (κ2) is 23.5. The van der Waals surface area contributed by atoms with Crippen LogP contribution in [-0.4, -0.2) is 151 Å². The summed E-state index contributed by atoms with van der Waals surface area (Å²) in [6, 6.07) is 6.47. The lowest BCUT2D eigenvalue weighted by molar-refractivity contribution is -0.00989. The molecule has 0 amide bonds. The van der Waals surface area contributed by atoms with Crippen molar-refractivity contribution in [2.45, 2.75) is 57.3 Å². The molecule has 57 heavy (non-hydrogen) atoms. The van der Waals surface area contributed by atoms with Gasteiger partial charge in [-0.2, -0.15) is 5.10 Å². The number of methoxy groups -OCH3 is 1. The molecule has 17 nitrogen and oxygen atoms in total. The summed E-state index contributed by atoms with van der Waals surface area (Å²) in [7, 11) is 1.65. The first-order chi connectivity index (χ1) is 28.1. The van der Waals surface area contributed by atoms with Gasteiger partial charge in [0.1, 0.15) is 36.8 Å². The molecule has 0 bridgehead atoms. The third-order valence-electron chi connectivity index (χ3n) is 9.72. The van der Waals surface area contributed by atoms with Crippen LogP contribution in [0.3, 0.4) is 0 Å². The second-order valence-electron chi connectivity index (χ2n) is 13.8. The molecule has 1 N–H and O–H groups in total. The zero-order valence-corrected chi connectivity index (χ0v) is 33.8. The summed E-state index contributed by atoms with van der Waals surface area (Å²) >= 11 is 6.50. The van der Waals surface area contributed by atoms with Crippen LogP contribution in [0.4, 0.5) is 11.6 Å². The third kappa shape index (κ3) is 13.8. The topological polar surface area (TPSA) is 163 Å². The molecule has 0 spiro atoms. The maximum absolute atomic E-state index is 6.50. The predicted molar refractivity (Wildman–Crippen MR) is 212 cm³/mol. The number of nitrogens with zero attached hydrogens (tertiary/aromatic N) is 8. The standard InChI is InChI=1S/C39H56ClN9O8/c1-30(26-48-29-41-28-44-48)57-37-23-31(3-8-35(37)40)32-24-42-39(43-25-32)45-36-27-49(34-6-4-33(5-7-34)47-9-11-51-12-10-47)46-38(36)56-22-21-55-20-19-54-18-17-53-16-15-52-14-13-50-2/h3,8,23-25,27-30,33-34H,4-7,9-22,26H2,1-2H3,(H,42,43,45)/t30-,33-,34-/m0/s1. The molecule has 6 rings (SSSR count). The highest BCUT2D eigenvalue weighted by molar-refractivity contribution is 6.32. The Kier molecular flexibility index (Phi) is 17.6. The van der Waals surface area contributed by atoms with Crippen molar-refractivity contribution < 1.29 is 37.9 Å². The number of benzene rings is 1. The fourth-order valence-electron chi connectivity index (χ4n) is 6.77. The number of hydrogen-bond acceptors (Lipinski definition) is 15. The Morgan fingerprint density at radius 1 is 0.842 bits per heavy atom. The van der Waals surface area contributed by atoms with Gasteiger partial charge in [-0.3, -0.25) is 9.58 Å². The summed E-state index contributed by atoms with van der Waals surface area (Å²) in [6.07, 6.45) is 12.8. The van der Waals surface area contributed by atoms with E-state index in [1.165, 1.54) is 6.33 Å². The molecule has 1 aromatic carbocycles. The van der Waals surface area contributed by atoms with Crippen molar-refractivity contribution in [3.63, 3.8) is 0 Å². The third-order valence-corrected chi connectivity index (χ3v) is 10.0. The van der Waals surface area contributed by atoms with E-state index in [9.17, 15) is 0 Å². The molecule has 1 saturated heterocycles. The van der Waals surface area contributed by atoms with E-state index in [4.69, 9.17) is 54.6 Å². The first-order valence-electron chi connectivity index (χ1n) is 19.8. The Labute approximate surface area is 339 Å². The van der Waals surface area contributed by atoms with Crippen molar-refractivity contribution in [2.75, 3.05) is 105 Å². The van der Waals surface area contributed by atoms with Crippen LogP contribution in [0.25, 0.3) is 11.1 Å². The lowest BCUT2D eigenvalue weighted by Crippen LogP contribution is -2.45. The molecule has 4 heterocycles. The van der Waals surface area contributed by atoms with Gasteiger partial charge in [-0.1, -0.05) is 17.7 Å². The number of halogens is 1. The Morgan fingerprint density at radius 2 is 1.49 bits per heavy atom. The highest BCUT2D eigenvalue weighted by Crippen LogP contribution is 2.35. The Balaban J connectivity index is 1.01. The van der Waals surface area contributed by atoms with Crippen LogP contribution in [-0.2, 0) is 35.0 Å². The van der Waals surface area contributed by atoms with Gasteiger partial charge < -0.3 is 43.2 Å². The molecule has 1 atom stereocenters. The second-order valence-corrected chi connectivity index (χ2v) is 14.2. The number of aromatic nitrogens is 7. The molecule has 1 saturated carbocycles. The zero-order chi connectivity index (χ0) is 39.5. The molecule has 4 aromatic rings. The van der Waals surface area contributed by atoms with Crippen LogP contribution in [0.15, 0.2) is 49.4 Å². The maximum Gasteiger partial charge on any atom is 0.257 e. The van der Waals surface area contributed by atoms with E-state index in [0.29, 0.717) is 107 Å². The van der Waals surface area contributed by atoms with E-state index in [2.05, 4.69) is 30.3 Å². The number of rotatable bonds is 25. The van der Waals surface area contributed by atoms with Crippen LogP contribution in [0.1, 0.15) is 38.6 Å². The molecule has 2 fully saturated rings. The van der Waals surface area contributed by atoms with Crippen molar-refractivity contribution >= 4 is 23.2 Å². The highest BCUT2D eigenvalue weighted by atomic mass is 35.5. The average molecular weight is 814 g/mol. The van der Waals surface area contributed by atoms with E-state index < -0.39 is 0 Å². The molecule has 18 heteroatoms. The number of ether oxygens (including phenoxy) is 8. The minimum atomic E-state index is -0.182. The highest BCUT2D eigenvalue weighted by Gasteiger charge is 2.29. The summed E-state index contributed by atoms with van der Waals surface area (Å²) in [5.74, 6) is 1.46. The van der Waals surface area contributed by atoms with Gasteiger partial charge in [-0.05, 0) is 50.3 Å². The molecule has 1 aliphatic heterocycles. The lowest BCUT2D eigenvalue weighted by atomic mass is 9.90. The Morgan fingerprint density at radius 3 is 2.14 bits per heavy atom. The normalized spacial score (nSPS) is 18.1. The van der Waals surface area contributed by atoms with Crippen molar-refractivity contribution in [2.24, 2.45) is 0 Å². The van der Waals surface area contributed by atoms with Crippen molar-refractivity contribution in [3.05, 3.63) is 54.5 Å². The van der Waals surface area contributed by atoms with E-state index in [0.717, 1.165) is 63.1 Å². The van der Waals surface area contributed by atoms with Crippen LogP contribution < -0.4 is 14.8 Å². The number of nitrogens with one attached hydrogen (secondary N) is 1. The SMILES string of the molecule is COCCOCCOCCOCCOCCOc1nn([C@H]2CC[C@H](N3CCOCC3)CC2)cc1Nc1ncc(-c2ccc(Cl)c(O[C@@H](C)Cn3cncn3)c2)cn1. The molecular formula is C39H56ClN9O8. The van der Waals surface area contributed by atoms with Gasteiger partial charge >= 0.3 is 0 Å². The van der Waals surface area contributed by atoms with E-state index >= 15 is 0 Å². The fraction of sp³-hybridized carbons (Fsp3) is 0.615. The summed E-state index contributed by atoms with van der Waals surface area (Å²) in [4.78, 5) is 15.8. The molecule has 0 unspecified atom stereocenters. The van der Waals surface area contributed by atoms with Crippen LogP contribution in [0.5, 0.6) is 11.6 Å². The molecular weight excluding hydrogens is 758 g/mol. The first-order valence-corrected chi connectivity index (χ1v) is 20.1. The average Bonchev–Trinajstić information content (AvgIpc) is 3.91. The van der Waals surface area contributed by atoms with Gasteiger partial charge in [0.05, 0.1) is 96.5 Å². The van der Waals surface area contributed by atoms with Crippen LogP contribution in [0, 0.1) is 0 Å². The smallest absolute Gasteiger partial charge is 0.257 e. The van der Waals surface area contributed by atoms with Gasteiger partial charge in [0.2, 0.25) is 5.95 Å². The summed E-state index contributed by atoms with van der Waals surface area (Å²) in [5, 5.41) is 12.9. The first kappa shape index (κ1) is 42.7. The molecule has 3 aromatic heterocycles. The quantitative estimate of drug-likeness (QED) is 0.0916. The Bertz CT molecular complexity index is 1700. The van der Waals surface area contributed by atoms with Crippen molar-refractivity contribution in [1.82, 2.24) is 39.4 Å². The lowest BCUT2D eigenvalue weighted by Gasteiger charge is -2.38. The Hall–Kier alpha value is -3.94. The maximum atomic E-state index is 6.50. The minimum absolute atomic E-state index is 0.182. The molecule has 0 radical (unpaired) electrons. The predicted octanol–water partition coefficient (Wildman–Crippen LogP) is 4.70. The molecule has 312 valence electrons. The van der Waals surface area contributed by atoms with E-state index in [1.54, 1.807) is 30.5 Å². The van der Waals surface area contributed by atoms with Gasteiger partial charge in [-0.25, -0.2) is 19.6 Å². The fourth-order valence-corrected chi connectivity index (χ4v) is 6.93. The number of morpholine rings is 1. The van der Waals surface area contributed by atoms with Gasteiger partial charge in [0.15, 0.2) is 0 Å². The summed E-state index contributed by atoms with van der Waals surface area (Å²) < 4.78 is 48.8. The van der Waals surface area contributed by atoms with Crippen molar-refractivity contribution in [1.29, 1.82) is 0 Å². The molecule has 1 aliphatic carbocycles. The van der Waals surface area contributed by atoms with Gasteiger partial charge in [0, 0.05) is 44.2 Å². The number of hydrogen-bond donors (Lipinski definition) is 1. The van der Waals surface area contributed by atoms with Gasteiger partial charge in [0.25, 0.3) is 5.88 Å². The van der Waals surface area contributed by atoms with Crippen molar-refractivity contribution in [3.8, 4) is 22.8 Å². The summed E-state index contributed by atoms with van der Waals surface area (Å²) in [6.45, 7) is 10.9. The van der Waals surface area contributed by atoms with Crippen LogP contribution in [0.2, 0.25) is 5.02 Å². The largest absolute Gasteiger partial charge is 0.487 e. The monoisotopic (exact) mass is 813 g/mol. The minimum Gasteiger partial charge on any atom is -0.487 e. The summed E-state index contributed by atoms with van der Waals surface area (Å²) in [5.41, 5.74) is 2.37. The van der Waals surface area contributed by atoms with Gasteiger partial charge in [-0.15, -0.1) is 5.10 Å². The zero-order valence-electron chi connectivity index (χ0n) is 33.0. The molecule has 2 aliphatic rings. The van der Waals surface area contributed by atoms with E-state index in [-0.39, 0.29) is 12.1 Å².